The molecule has 2 aromatic rings. The molecule has 0 amide bonds. The van der Waals surface area contributed by atoms with E-state index in [1.807, 2.05) is 6.07 Å². The van der Waals surface area contributed by atoms with Crippen LogP contribution in [0.5, 0.6) is 0 Å². The third-order valence-electron chi connectivity index (χ3n) is 12.0. The zero-order valence-electron chi connectivity index (χ0n) is 23.1. The number of hydrogen-bond donors (Lipinski definition) is 1. The highest BCUT2D eigenvalue weighted by atomic mass is 35.5. The van der Waals surface area contributed by atoms with E-state index in [-0.39, 0.29) is 11.3 Å². The minimum atomic E-state index is 0.0761. The Hall–Kier alpha value is -1.28. The van der Waals surface area contributed by atoms with Gasteiger partial charge in [-0.3, -0.25) is 4.79 Å². The summed E-state index contributed by atoms with van der Waals surface area (Å²) < 4.78 is 0. The fourth-order valence-corrected chi connectivity index (χ4v) is 10.4. The molecular weight excluding hydrogens is 462 g/mol. The fraction of sp³-hybridized carbons (Fsp3) is 0.727. The van der Waals surface area contributed by atoms with Crippen molar-refractivity contribution < 1.29 is 4.79 Å². The predicted octanol–water partition coefficient (Wildman–Crippen LogP) is 9.04. The first-order chi connectivity index (χ1) is 17.1. The van der Waals surface area contributed by atoms with Crippen molar-refractivity contribution in [2.24, 2.45) is 52.3 Å². The summed E-state index contributed by atoms with van der Waals surface area (Å²) >= 11 is 6.42. The van der Waals surface area contributed by atoms with Crippen molar-refractivity contribution in [1.82, 2.24) is 4.98 Å². The molecule has 3 saturated carbocycles. The maximum atomic E-state index is 13.8. The first kappa shape index (κ1) is 25.0. The van der Waals surface area contributed by atoms with Crippen LogP contribution in [0.4, 0.5) is 0 Å². The summed E-state index contributed by atoms with van der Waals surface area (Å²) in [5, 5.41) is 2.09. The minimum Gasteiger partial charge on any atom is -0.358 e. The molecule has 8 atom stereocenters. The van der Waals surface area contributed by atoms with Crippen molar-refractivity contribution in [3.05, 3.63) is 34.5 Å². The van der Waals surface area contributed by atoms with Gasteiger partial charge in [-0.15, -0.1) is 0 Å². The van der Waals surface area contributed by atoms with E-state index in [1.54, 1.807) is 0 Å². The summed E-state index contributed by atoms with van der Waals surface area (Å²) in [4.78, 5) is 17.5. The highest BCUT2D eigenvalue weighted by Gasteiger charge is 2.62. The van der Waals surface area contributed by atoms with Gasteiger partial charge in [0, 0.05) is 34.0 Å². The molecule has 1 aromatic heterocycles. The van der Waals surface area contributed by atoms with Crippen molar-refractivity contribution in [1.29, 1.82) is 0 Å². The second-order valence-electron chi connectivity index (χ2n) is 14.3. The Balaban J connectivity index is 1.28. The van der Waals surface area contributed by atoms with E-state index in [4.69, 9.17) is 11.6 Å². The molecule has 4 aliphatic carbocycles. The molecule has 0 aliphatic heterocycles. The van der Waals surface area contributed by atoms with Gasteiger partial charge in [0.1, 0.15) is 5.78 Å². The summed E-state index contributed by atoms with van der Waals surface area (Å²) in [7, 11) is 0. The number of rotatable bonds is 5. The molecule has 1 heterocycles. The average molecular weight is 508 g/mol. The molecule has 6 rings (SSSR count). The summed E-state index contributed by atoms with van der Waals surface area (Å²) in [6.07, 6.45) is 12.3. The van der Waals surface area contributed by atoms with Crippen LogP contribution in [-0.4, -0.2) is 10.8 Å². The molecule has 8 unspecified atom stereocenters. The predicted molar refractivity (Wildman–Crippen MR) is 150 cm³/mol. The van der Waals surface area contributed by atoms with Gasteiger partial charge in [0.05, 0.1) is 0 Å². The normalized spacial score (nSPS) is 38.5. The lowest BCUT2D eigenvalue weighted by atomic mass is 9.44. The Kier molecular flexibility index (Phi) is 6.18. The number of H-pyrrole nitrogens is 1. The van der Waals surface area contributed by atoms with Gasteiger partial charge in [-0.25, -0.2) is 0 Å². The Bertz CT molecular complexity index is 1160. The molecule has 1 aromatic carbocycles. The topological polar surface area (TPSA) is 32.9 Å². The largest absolute Gasteiger partial charge is 0.358 e. The molecule has 196 valence electrons. The third-order valence-corrected chi connectivity index (χ3v) is 12.3. The maximum Gasteiger partial charge on any atom is 0.137 e. The van der Waals surface area contributed by atoms with E-state index in [0.717, 1.165) is 48.0 Å². The standard InChI is InChI=1S/C33H46ClNO/c1-19(2)7-6-8-20(3)25-10-11-26-23-16-31(36)28-17-30-24(22-15-21(34)9-12-29(22)35-30)18-33(28,5)27(23)13-14-32(25,26)4/h9,12,15,19-20,23,25-28,35H,6-8,10-11,13-14,16-18H2,1-5H3. The summed E-state index contributed by atoms with van der Waals surface area (Å²) in [6.45, 7) is 12.4. The van der Waals surface area contributed by atoms with E-state index in [9.17, 15) is 4.79 Å². The van der Waals surface area contributed by atoms with Crippen LogP contribution in [0.3, 0.4) is 0 Å². The van der Waals surface area contributed by atoms with E-state index in [0.29, 0.717) is 23.0 Å². The van der Waals surface area contributed by atoms with Crippen LogP contribution in [0, 0.1) is 52.3 Å². The van der Waals surface area contributed by atoms with Crippen LogP contribution >= 0.6 is 11.6 Å². The molecule has 3 heteroatoms. The lowest BCUT2D eigenvalue weighted by Crippen LogP contribution is -2.57. The summed E-state index contributed by atoms with van der Waals surface area (Å²) in [5.74, 6) is 5.17. The van der Waals surface area contributed by atoms with Crippen molar-refractivity contribution >= 4 is 28.3 Å². The van der Waals surface area contributed by atoms with Gasteiger partial charge < -0.3 is 4.98 Å². The lowest BCUT2D eigenvalue weighted by Gasteiger charge is -2.60. The second kappa shape index (κ2) is 8.89. The van der Waals surface area contributed by atoms with Gasteiger partial charge in [-0.1, -0.05) is 65.5 Å². The molecule has 3 fully saturated rings. The van der Waals surface area contributed by atoms with Crippen LogP contribution in [0.15, 0.2) is 18.2 Å². The van der Waals surface area contributed by atoms with Crippen LogP contribution < -0.4 is 0 Å². The summed E-state index contributed by atoms with van der Waals surface area (Å²) in [5.41, 5.74) is 4.41. The zero-order valence-corrected chi connectivity index (χ0v) is 23.9. The van der Waals surface area contributed by atoms with Crippen LogP contribution in [0.1, 0.15) is 97.2 Å². The molecule has 0 radical (unpaired) electrons. The minimum absolute atomic E-state index is 0.0761. The summed E-state index contributed by atoms with van der Waals surface area (Å²) in [6, 6.07) is 6.22. The number of fused-ring (bicyclic) bond motifs is 8. The maximum absolute atomic E-state index is 13.8. The van der Waals surface area contributed by atoms with E-state index in [1.165, 1.54) is 67.1 Å². The van der Waals surface area contributed by atoms with Crippen molar-refractivity contribution in [2.45, 2.75) is 98.8 Å². The monoisotopic (exact) mass is 507 g/mol. The molecule has 36 heavy (non-hydrogen) atoms. The molecule has 0 saturated heterocycles. The number of Topliss-reactive ketones (excluding diaryl/α,β-unsaturated/α-hetero) is 1. The molecule has 0 spiro atoms. The first-order valence-corrected chi connectivity index (χ1v) is 15.3. The first-order valence-electron chi connectivity index (χ1n) is 14.9. The number of aromatic amines is 1. The number of halogens is 1. The number of carbonyl (C=O) groups excluding carboxylic acids is 1. The number of hydrogen-bond acceptors (Lipinski definition) is 1. The van der Waals surface area contributed by atoms with Gasteiger partial charge in [-0.2, -0.15) is 0 Å². The van der Waals surface area contributed by atoms with Gasteiger partial charge >= 0.3 is 0 Å². The number of benzene rings is 1. The number of nitrogens with one attached hydrogen (secondary N) is 1. The van der Waals surface area contributed by atoms with Gasteiger partial charge in [0.25, 0.3) is 0 Å². The van der Waals surface area contributed by atoms with Crippen molar-refractivity contribution in [3.8, 4) is 0 Å². The van der Waals surface area contributed by atoms with Gasteiger partial charge in [0.2, 0.25) is 0 Å². The van der Waals surface area contributed by atoms with Crippen LogP contribution in [-0.2, 0) is 17.6 Å². The Morgan fingerprint density at radius 1 is 1.03 bits per heavy atom. The average Bonchev–Trinajstić information content (AvgIpc) is 3.34. The van der Waals surface area contributed by atoms with E-state index in [2.05, 4.69) is 51.7 Å². The Morgan fingerprint density at radius 2 is 1.81 bits per heavy atom. The number of aromatic nitrogens is 1. The van der Waals surface area contributed by atoms with Crippen molar-refractivity contribution in [3.63, 3.8) is 0 Å². The quantitative estimate of drug-likeness (QED) is 0.430. The molecule has 0 bridgehead atoms. The number of ketones is 1. The second-order valence-corrected chi connectivity index (χ2v) is 14.7. The third kappa shape index (κ3) is 3.75. The van der Waals surface area contributed by atoms with E-state index < -0.39 is 0 Å². The zero-order chi connectivity index (χ0) is 25.4. The molecule has 2 nitrogen and oxygen atoms in total. The molecule has 1 N–H and O–H groups in total. The molecule has 4 aliphatic rings. The van der Waals surface area contributed by atoms with Gasteiger partial charge in [0.15, 0.2) is 0 Å². The van der Waals surface area contributed by atoms with Crippen LogP contribution in [0.25, 0.3) is 10.9 Å². The Labute approximate surface area is 223 Å². The van der Waals surface area contributed by atoms with Gasteiger partial charge in [-0.05, 0) is 109 Å². The van der Waals surface area contributed by atoms with Crippen LogP contribution in [0.2, 0.25) is 5.02 Å². The van der Waals surface area contributed by atoms with Crippen molar-refractivity contribution in [2.75, 3.05) is 0 Å². The number of carbonyl (C=O) groups is 1. The SMILES string of the molecule is CC(C)CCCC(C)C1CCC2C3CC(=O)C4Cc5[nH]c6ccc(Cl)cc6c5CC4(C)C3CCC12C. The molecular formula is C33H46ClNO. The Morgan fingerprint density at radius 3 is 2.58 bits per heavy atom. The highest BCUT2D eigenvalue weighted by molar-refractivity contribution is 6.31. The van der Waals surface area contributed by atoms with E-state index >= 15 is 0 Å². The lowest BCUT2D eigenvalue weighted by molar-refractivity contribution is -0.150. The fourth-order valence-electron chi connectivity index (χ4n) is 10.3. The highest BCUT2D eigenvalue weighted by Crippen LogP contribution is 2.67. The smallest absolute Gasteiger partial charge is 0.137 e.